The molecule has 52 heavy (non-hydrogen) atoms. The summed E-state index contributed by atoms with van der Waals surface area (Å²) in [5.74, 6) is -0.391. The Bertz CT molecular complexity index is 2480. The standard InChI is InChI=1S/C40H18F6N4O2/c41-39(42,43)51-27-7-1-21(2-8-27)23-5-11-29-31-15-36-32(16-35(31)37(33(29)13-23)25(17-47)18-48)30-12-6-24(14-34(30)38(36)26(19-49)20-50)22-3-9-28(10-4-22)52-40(44,45)46/h1-9,11-16,28H,10H2. The Hall–Kier alpha value is -6.86. The highest BCUT2D eigenvalue weighted by Gasteiger charge is 2.35. The largest absolute Gasteiger partial charge is 0.573 e. The Morgan fingerprint density at radius 2 is 1.04 bits per heavy atom. The zero-order chi connectivity index (χ0) is 36.9. The zero-order valence-corrected chi connectivity index (χ0v) is 26.3. The van der Waals surface area contributed by atoms with Crippen LogP contribution in [0, 0.1) is 45.3 Å². The van der Waals surface area contributed by atoms with E-state index in [1.54, 1.807) is 54.6 Å². The van der Waals surface area contributed by atoms with E-state index >= 15 is 0 Å². The Balaban J connectivity index is 1.34. The predicted octanol–water partition coefficient (Wildman–Crippen LogP) is 10.2. The van der Waals surface area contributed by atoms with E-state index in [1.165, 1.54) is 36.4 Å². The first-order valence-corrected chi connectivity index (χ1v) is 15.4. The number of nitrogens with zero attached hydrogens (tertiary/aromatic N) is 4. The molecule has 0 saturated heterocycles. The van der Waals surface area contributed by atoms with E-state index in [0.29, 0.717) is 77.9 Å². The monoisotopic (exact) mass is 700 g/mol. The average molecular weight is 701 g/mol. The van der Waals surface area contributed by atoms with Crippen molar-refractivity contribution in [2.45, 2.75) is 25.2 Å². The van der Waals surface area contributed by atoms with Crippen LogP contribution in [0.15, 0.2) is 102 Å². The molecule has 0 aromatic heterocycles. The first-order chi connectivity index (χ1) is 24.8. The maximum atomic E-state index is 12.7. The number of benzene rings is 4. The molecule has 0 fully saturated rings. The number of ether oxygens (including phenoxy) is 2. The summed E-state index contributed by atoms with van der Waals surface area (Å²) in [5.41, 5.74) is 7.56. The quantitative estimate of drug-likeness (QED) is 0.134. The van der Waals surface area contributed by atoms with E-state index in [-0.39, 0.29) is 17.6 Å². The van der Waals surface area contributed by atoms with Gasteiger partial charge in [-0.1, -0.05) is 54.6 Å². The summed E-state index contributed by atoms with van der Waals surface area (Å²) in [6.45, 7) is 0. The smallest absolute Gasteiger partial charge is 0.406 e. The molecule has 0 saturated carbocycles. The molecule has 1 unspecified atom stereocenters. The molecule has 0 aliphatic heterocycles. The van der Waals surface area contributed by atoms with Gasteiger partial charge in [0.1, 0.15) is 41.2 Å². The lowest BCUT2D eigenvalue weighted by Gasteiger charge is -2.19. The summed E-state index contributed by atoms with van der Waals surface area (Å²) in [7, 11) is 0. The zero-order valence-electron chi connectivity index (χ0n) is 26.3. The third-order valence-electron chi connectivity index (χ3n) is 8.90. The second-order valence-corrected chi connectivity index (χ2v) is 11.8. The van der Waals surface area contributed by atoms with E-state index in [0.717, 1.165) is 0 Å². The van der Waals surface area contributed by atoms with E-state index in [9.17, 15) is 47.4 Å². The van der Waals surface area contributed by atoms with E-state index in [1.807, 2.05) is 24.3 Å². The molecule has 252 valence electrons. The Morgan fingerprint density at radius 3 is 1.50 bits per heavy atom. The van der Waals surface area contributed by atoms with E-state index in [4.69, 9.17) is 0 Å². The van der Waals surface area contributed by atoms with E-state index < -0.39 is 24.6 Å². The number of hydrogen-bond acceptors (Lipinski definition) is 6. The molecule has 0 amide bonds. The number of hydrogen-bond donors (Lipinski definition) is 0. The van der Waals surface area contributed by atoms with Gasteiger partial charge in [-0.25, -0.2) is 0 Å². The van der Waals surface area contributed by atoms with Crippen molar-refractivity contribution >= 4 is 16.7 Å². The van der Waals surface area contributed by atoms with Crippen molar-refractivity contribution in [3.8, 4) is 63.4 Å². The highest BCUT2D eigenvalue weighted by atomic mass is 19.4. The lowest BCUT2D eigenvalue weighted by atomic mass is 9.92. The minimum Gasteiger partial charge on any atom is -0.406 e. The topological polar surface area (TPSA) is 114 Å². The highest BCUT2D eigenvalue weighted by molar-refractivity contribution is 6.11. The Morgan fingerprint density at radius 1 is 0.558 bits per heavy atom. The van der Waals surface area contributed by atoms with Gasteiger partial charge in [0.25, 0.3) is 0 Å². The van der Waals surface area contributed by atoms with Crippen LogP contribution in [-0.2, 0) is 4.74 Å². The van der Waals surface area contributed by atoms with Crippen molar-refractivity contribution in [2.75, 3.05) is 0 Å². The molecule has 7 rings (SSSR count). The summed E-state index contributed by atoms with van der Waals surface area (Å²) >= 11 is 0. The molecule has 4 aromatic rings. The van der Waals surface area contributed by atoms with Crippen LogP contribution in [0.3, 0.4) is 0 Å². The maximum Gasteiger partial charge on any atom is 0.573 e. The maximum absolute atomic E-state index is 12.7. The fraction of sp³-hybridized carbons (Fsp3) is 0.100. The first kappa shape index (κ1) is 33.6. The second kappa shape index (κ2) is 12.5. The SMILES string of the molecule is N#CC(C#N)=C1c2cc(C3=CCC(OC(F)(F)F)C=C3)ccc2-c2cc3c(cc21)-c1ccc(-c2ccc(OC(F)(F)F)cc2)cc1C3=C(C#N)C#N. The fourth-order valence-corrected chi connectivity index (χ4v) is 6.82. The summed E-state index contributed by atoms with van der Waals surface area (Å²) in [6, 6.07) is 27.4. The number of rotatable bonds is 4. The van der Waals surface area contributed by atoms with Gasteiger partial charge in [0.05, 0.1) is 6.10 Å². The molecule has 4 aromatic carbocycles. The van der Waals surface area contributed by atoms with Crippen molar-refractivity contribution in [2.24, 2.45) is 0 Å². The molecule has 3 aliphatic rings. The van der Waals surface area contributed by atoms with Crippen LogP contribution in [0.1, 0.15) is 34.2 Å². The third-order valence-corrected chi connectivity index (χ3v) is 8.90. The van der Waals surface area contributed by atoms with Gasteiger partial charge in [0.2, 0.25) is 0 Å². The number of allylic oxidation sites excluding steroid dienone is 4. The molecular formula is C40H18F6N4O2. The molecule has 0 radical (unpaired) electrons. The number of nitriles is 4. The van der Waals surface area contributed by atoms with Crippen LogP contribution < -0.4 is 4.74 Å². The van der Waals surface area contributed by atoms with Crippen LogP contribution in [0.2, 0.25) is 0 Å². The van der Waals surface area contributed by atoms with Crippen molar-refractivity contribution < 1.29 is 35.8 Å². The van der Waals surface area contributed by atoms with Crippen molar-refractivity contribution in [1.82, 2.24) is 0 Å². The van der Waals surface area contributed by atoms with Crippen LogP contribution in [0.25, 0.3) is 50.1 Å². The van der Waals surface area contributed by atoms with Gasteiger partial charge in [-0.15, -0.1) is 26.3 Å². The van der Waals surface area contributed by atoms with Gasteiger partial charge in [0, 0.05) is 11.1 Å². The lowest BCUT2D eigenvalue weighted by Crippen LogP contribution is -2.22. The summed E-state index contributed by atoms with van der Waals surface area (Å²) in [6.07, 6.45) is -6.37. The van der Waals surface area contributed by atoms with Gasteiger partial charge in [-0.2, -0.15) is 21.0 Å². The molecule has 0 N–H and O–H groups in total. The van der Waals surface area contributed by atoms with Gasteiger partial charge in [-0.05, 0) is 110 Å². The van der Waals surface area contributed by atoms with Crippen molar-refractivity contribution in [1.29, 1.82) is 21.0 Å². The Labute approximate surface area is 291 Å². The molecule has 0 spiro atoms. The van der Waals surface area contributed by atoms with Crippen LogP contribution in [0.4, 0.5) is 26.3 Å². The number of fused-ring (bicyclic) bond motifs is 6. The van der Waals surface area contributed by atoms with Crippen LogP contribution >= 0.6 is 0 Å². The summed E-state index contributed by atoms with van der Waals surface area (Å²) in [4.78, 5) is 0. The molecule has 0 bridgehead atoms. The number of alkyl halides is 6. The van der Waals surface area contributed by atoms with Gasteiger partial charge < -0.3 is 4.74 Å². The fourth-order valence-electron chi connectivity index (χ4n) is 6.82. The van der Waals surface area contributed by atoms with Gasteiger partial charge in [-0.3, -0.25) is 4.74 Å². The van der Waals surface area contributed by atoms with Crippen molar-refractivity contribution in [3.05, 3.63) is 130 Å². The number of halogens is 6. The van der Waals surface area contributed by atoms with Crippen LogP contribution in [0.5, 0.6) is 5.75 Å². The summed E-state index contributed by atoms with van der Waals surface area (Å²) in [5, 5.41) is 40.1. The average Bonchev–Trinajstić information content (AvgIpc) is 3.59. The minimum atomic E-state index is -4.85. The normalized spacial score (nSPS) is 15.2. The molecule has 12 heteroatoms. The Kier molecular flexibility index (Phi) is 8.07. The lowest BCUT2D eigenvalue weighted by molar-refractivity contribution is -0.335. The molecular weight excluding hydrogens is 682 g/mol. The van der Waals surface area contributed by atoms with Crippen LogP contribution in [-0.4, -0.2) is 18.8 Å². The minimum absolute atomic E-state index is 0.0200. The highest BCUT2D eigenvalue weighted by Crippen LogP contribution is 2.54. The summed E-state index contributed by atoms with van der Waals surface area (Å²) < 4.78 is 84.4. The predicted molar refractivity (Wildman–Crippen MR) is 177 cm³/mol. The third kappa shape index (κ3) is 5.98. The first-order valence-electron chi connectivity index (χ1n) is 15.4. The van der Waals surface area contributed by atoms with Gasteiger partial charge in [0.15, 0.2) is 0 Å². The molecule has 6 nitrogen and oxygen atoms in total. The molecule has 0 heterocycles. The molecule has 1 atom stereocenters. The molecule has 3 aliphatic carbocycles. The second-order valence-electron chi connectivity index (χ2n) is 11.8. The van der Waals surface area contributed by atoms with E-state index in [2.05, 4.69) is 9.47 Å². The van der Waals surface area contributed by atoms with Gasteiger partial charge >= 0.3 is 12.7 Å². The van der Waals surface area contributed by atoms with Crippen molar-refractivity contribution in [3.63, 3.8) is 0 Å².